The Morgan fingerprint density at radius 2 is 1.90 bits per heavy atom. The van der Waals surface area contributed by atoms with Gasteiger partial charge >= 0.3 is 0 Å². The zero-order valence-electron chi connectivity index (χ0n) is 6.12. The second-order valence-electron chi connectivity index (χ2n) is 1.34. The maximum Gasteiger partial charge on any atom is 0.0829 e. The van der Waals surface area contributed by atoms with Crippen molar-refractivity contribution in [1.29, 1.82) is 0 Å². The molecular formula is C7H15NO2. The Morgan fingerprint density at radius 3 is 1.90 bits per heavy atom. The maximum absolute atomic E-state index is 7.99. The molecule has 0 amide bonds. The number of hydrogen-bond acceptors (Lipinski definition) is 3. The molecule has 0 aliphatic carbocycles. The predicted octanol–water partition coefficient (Wildman–Crippen LogP) is 0.617. The summed E-state index contributed by atoms with van der Waals surface area (Å²) in [5, 5.41) is 7.99. The molecule has 0 aliphatic rings. The van der Waals surface area contributed by atoms with Crippen LogP contribution in [-0.4, -0.2) is 18.3 Å². The van der Waals surface area contributed by atoms with E-state index in [0.717, 1.165) is 6.42 Å². The first kappa shape index (κ1) is 11.9. The molecule has 10 heavy (non-hydrogen) atoms. The summed E-state index contributed by atoms with van der Waals surface area (Å²) < 4.78 is 4.36. The van der Waals surface area contributed by atoms with Gasteiger partial charge in [0.1, 0.15) is 0 Å². The van der Waals surface area contributed by atoms with Crippen LogP contribution in [0.5, 0.6) is 0 Å². The van der Waals surface area contributed by atoms with Gasteiger partial charge in [-0.3, -0.25) is 0 Å². The van der Waals surface area contributed by atoms with Crippen molar-refractivity contribution in [1.82, 2.24) is 0 Å². The number of ether oxygens (including phenoxy) is 1. The van der Waals surface area contributed by atoms with Gasteiger partial charge in [-0.2, -0.15) is 0 Å². The molecule has 0 atom stereocenters. The van der Waals surface area contributed by atoms with Crippen molar-refractivity contribution in [2.45, 2.75) is 6.42 Å². The fourth-order valence-electron chi connectivity index (χ4n) is 0.159. The van der Waals surface area contributed by atoms with Crippen LogP contribution < -0.4 is 5.73 Å². The van der Waals surface area contributed by atoms with Gasteiger partial charge in [0.25, 0.3) is 0 Å². The highest BCUT2D eigenvalue weighted by atomic mass is 16.5. The molecule has 0 aliphatic heterocycles. The lowest BCUT2D eigenvalue weighted by Crippen LogP contribution is -1.99. The predicted molar refractivity (Wildman–Crippen MR) is 42.2 cm³/mol. The van der Waals surface area contributed by atoms with Crippen LogP contribution >= 0.6 is 0 Å². The summed E-state index contributed by atoms with van der Waals surface area (Å²) in [7, 11) is 0. The average Bonchev–Trinajstić information content (AvgIpc) is 1.93. The Balaban J connectivity index is 0. The van der Waals surface area contributed by atoms with E-state index in [9.17, 15) is 0 Å². The largest absolute Gasteiger partial charge is 0.474 e. The minimum absolute atomic E-state index is 0.219. The van der Waals surface area contributed by atoms with E-state index in [1.54, 1.807) is 0 Å². The van der Waals surface area contributed by atoms with E-state index in [1.807, 2.05) is 0 Å². The van der Waals surface area contributed by atoms with Crippen molar-refractivity contribution in [2.24, 2.45) is 5.73 Å². The summed E-state index contributed by atoms with van der Waals surface area (Å²) in [5.74, 6) is 0. The van der Waals surface area contributed by atoms with Crippen molar-refractivity contribution in [3.63, 3.8) is 0 Å². The van der Waals surface area contributed by atoms with Gasteiger partial charge in [-0.25, -0.2) is 0 Å². The third-order valence-corrected chi connectivity index (χ3v) is 0.555. The first-order valence-electron chi connectivity index (χ1n) is 3.01. The van der Waals surface area contributed by atoms with E-state index in [-0.39, 0.29) is 6.61 Å². The third kappa shape index (κ3) is 27.0. The number of aliphatic hydroxyl groups is 1. The van der Waals surface area contributed by atoms with Crippen molar-refractivity contribution in [3.8, 4) is 0 Å². The van der Waals surface area contributed by atoms with Gasteiger partial charge < -0.3 is 15.6 Å². The standard InChI is InChI=1S/C4H6O.C3H9NO/c1-3-5-4-2;4-2-1-3-5/h3-4H,1-2H2;5H,1-4H2. The summed E-state index contributed by atoms with van der Waals surface area (Å²) in [6, 6.07) is 0. The minimum atomic E-state index is 0.219. The molecule has 3 N–H and O–H groups in total. The van der Waals surface area contributed by atoms with Crippen molar-refractivity contribution in [2.75, 3.05) is 13.2 Å². The normalized spacial score (nSPS) is 7.00. The molecule has 0 unspecified atom stereocenters. The van der Waals surface area contributed by atoms with Crippen molar-refractivity contribution in [3.05, 3.63) is 25.7 Å². The molecule has 0 aromatic carbocycles. The number of nitrogens with two attached hydrogens (primary N) is 1. The van der Waals surface area contributed by atoms with Crippen LogP contribution in [0.1, 0.15) is 6.42 Å². The molecule has 0 saturated carbocycles. The molecule has 0 radical (unpaired) electrons. The van der Waals surface area contributed by atoms with E-state index in [2.05, 4.69) is 17.9 Å². The fourth-order valence-corrected chi connectivity index (χ4v) is 0.159. The number of hydrogen-bond donors (Lipinski definition) is 2. The summed E-state index contributed by atoms with van der Waals surface area (Å²) in [6.45, 7) is 7.33. The van der Waals surface area contributed by atoms with E-state index >= 15 is 0 Å². The topological polar surface area (TPSA) is 55.5 Å². The van der Waals surface area contributed by atoms with Crippen LogP contribution in [-0.2, 0) is 4.74 Å². The molecule has 0 heterocycles. The number of rotatable bonds is 4. The molecule has 0 rings (SSSR count). The second-order valence-corrected chi connectivity index (χ2v) is 1.34. The first-order valence-corrected chi connectivity index (χ1v) is 3.01. The van der Waals surface area contributed by atoms with E-state index in [1.165, 1.54) is 12.5 Å². The lowest BCUT2D eigenvalue weighted by atomic mass is 10.5. The molecule has 0 fully saturated rings. The Bertz CT molecular complexity index is 66.0. The van der Waals surface area contributed by atoms with E-state index in [4.69, 9.17) is 10.8 Å². The van der Waals surface area contributed by atoms with Gasteiger partial charge in [0.05, 0.1) is 12.5 Å². The molecule has 0 spiro atoms. The molecule has 60 valence electrons. The first-order chi connectivity index (χ1) is 4.83. The SMILES string of the molecule is C=COC=C.NCCCO. The van der Waals surface area contributed by atoms with E-state index < -0.39 is 0 Å². The Labute approximate surface area is 61.8 Å². The Kier molecular flexibility index (Phi) is 18.8. The van der Waals surface area contributed by atoms with Crippen LogP contribution in [0.3, 0.4) is 0 Å². The van der Waals surface area contributed by atoms with Gasteiger partial charge in [-0.05, 0) is 13.0 Å². The zero-order chi connectivity index (χ0) is 8.24. The molecule has 0 aromatic heterocycles. The quantitative estimate of drug-likeness (QED) is 0.570. The molecule has 0 bridgehead atoms. The lowest BCUT2D eigenvalue weighted by Gasteiger charge is -1.80. The Hall–Kier alpha value is -0.800. The highest BCUT2D eigenvalue weighted by Crippen LogP contribution is 1.65. The molecule has 0 aromatic rings. The Morgan fingerprint density at radius 1 is 1.40 bits per heavy atom. The van der Waals surface area contributed by atoms with Crippen LogP contribution in [0.25, 0.3) is 0 Å². The maximum atomic E-state index is 7.99. The van der Waals surface area contributed by atoms with Gasteiger partial charge in [-0.15, -0.1) is 0 Å². The van der Waals surface area contributed by atoms with Gasteiger partial charge in [0.15, 0.2) is 0 Å². The highest BCUT2D eigenvalue weighted by molar-refractivity contribution is 4.57. The lowest BCUT2D eigenvalue weighted by molar-refractivity contribution is 0.291. The summed E-state index contributed by atoms with van der Waals surface area (Å²) in [5.41, 5.74) is 4.98. The molecule has 3 heteroatoms. The monoisotopic (exact) mass is 145 g/mol. The molecular weight excluding hydrogens is 130 g/mol. The fraction of sp³-hybridized carbons (Fsp3) is 0.429. The third-order valence-electron chi connectivity index (χ3n) is 0.555. The van der Waals surface area contributed by atoms with Crippen LogP contribution in [0, 0.1) is 0 Å². The van der Waals surface area contributed by atoms with Gasteiger partial charge in [0.2, 0.25) is 0 Å². The summed E-state index contributed by atoms with van der Waals surface area (Å²) in [6.07, 6.45) is 3.35. The number of aliphatic hydroxyl groups excluding tert-OH is 1. The smallest absolute Gasteiger partial charge is 0.0829 e. The zero-order valence-corrected chi connectivity index (χ0v) is 6.12. The minimum Gasteiger partial charge on any atom is -0.474 e. The summed E-state index contributed by atoms with van der Waals surface area (Å²) in [4.78, 5) is 0. The second kappa shape index (κ2) is 15.7. The van der Waals surface area contributed by atoms with E-state index in [0.29, 0.717) is 6.54 Å². The van der Waals surface area contributed by atoms with Gasteiger partial charge in [0, 0.05) is 6.61 Å². The van der Waals surface area contributed by atoms with Crippen LogP contribution in [0.2, 0.25) is 0 Å². The van der Waals surface area contributed by atoms with Gasteiger partial charge in [-0.1, -0.05) is 13.2 Å². The van der Waals surface area contributed by atoms with Crippen LogP contribution in [0.15, 0.2) is 25.7 Å². The molecule has 3 nitrogen and oxygen atoms in total. The highest BCUT2D eigenvalue weighted by Gasteiger charge is 1.69. The van der Waals surface area contributed by atoms with Crippen molar-refractivity contribution >= 4 is 0 Å². The average molecular weight is 145 g/mol. The van der Waals surface area contributed by atoms with Crippen LogP contribution in [0.4, 0.5) is 0 Å². The molecule has 0 saturated heterocycles. The summed E-state index contributed by atoms with van der Waals surface area (Å²) >= 11 is 0. The van der Waals surface area contributed by atoms with Crippen molar-refractivity contribution < 1.29 is 9.84 Å².